The molecule has 1 aromatic carbocycles. The van der Waals surface area contributed by atoms with Crippen molar-refractivity contribution in [3.05, 3.63) is 71.3 Å². The maximum atomic E-state index is 5.63. The molecule has 0 amide bonds. The average Bonchev–Trinajstić information content (AvgIpc) is 3.57. The van der Waals surface area contributed by atoms with Gasteiger partial charge < -0.3 is 18.9 Å². The first-order valence-corrected chi connectivity index (χ1v) is 12.1. The van der Waals surface area contributed by atoms with Gasteiger partial charge in [0.25, 0.3) is 0 Å². The third kappa shape index (κ3) is 2.94. The second-order valence-corrected chi connectivity index (χ2v) is 9.52. The molecule has 6 rings (SSSR count). The SMILES string of the molecule is CCC1CSC2=NC(c3ccccn3)C(c3cc(C)n(-c4ccc5c(c4)OCO5)c3C)N21. The molecule has 6 nitrogen and oxygen atoms in total. The summed E-state index contributed by atoms with van der Waals surface area (Å²) in [6, 6.07) is 15.3. The molecular weight excluding hydrogens is 420 g/mol. The van der Waals surface area contributed by atoms with Crippen molar-refractivity contribution in [2.24, 2.45) is 4.99 Å². The van der Waals surface area contributed by atoms with E-state index in [2.05, 4.69) is 60.6 Å². The molecule has 3 atom stereocenters. The average molecular weight is 447 g/mol. The standard InChI is InChI=1S/C25H26N4O2S/c1-4-17-13-32-25-27-23(20-7-5-6-10-26-20)24(29(17)25)19-11-15(2)28(16(19)3)18-8-9-21-22(12-18)31-14-30-21/h5-12,17,23-24H,4,13-14H2,1-3H3. The van der Waals surface area contributed by atoms with E-state index in [9.17, 15) is 0 Å². The Hall–Kier alpha value is -2.93. The number of amidine groups is 1. The highest BCUT2D eigenvalue weighted by atomic mass is 32.2. The van der Waals surface area contributed by atoms with Crippen LogP contribution in [0.4, 0.5) is 0 Å². The molecule has 7 heteroatoms. The van der Waals surface area contributed by atoms with E-state index in [-0.39, 0.29) is 18.9 Å². The number of aryl methyl sites for hydroxylation is 1. The van der Waals surface area contributed by atoms with Crippen LogP contribution in [0.15, 0.2) is 53.7 Å². The van der Waals surface area contributed by atoms with E-state index in [1.165, 1.54) is 17.0 Å². The van der Waals surface area contributed by atoms with Crippen LogP contribution in [-0.4, -0.2) is 38.2 Å². The van der Waals surface area contributed by atoms with Crippen LogP contribution in [0.25, 0.3) is 5.69 Å². The lowest BCUT2D eigenvalue weighted by Gasteiger charge is -2.32. The molecule has 0 saturated carbocycles. The van der Waals surface area contributed by atoms with Gasteiger partial charge in [0.2, 0.25) is 6.79 Å². The van der Waals surface area contributed by atoms with Gasteiger partial charge in [-0.1, -0.05) is 24.8 Å². The smallest absolute Gasteiger partial charge is 0.231 e. The molecule has 1 fully saturated rings. The quantitative estimate of drug-likeness (QED) is 0.552. The zero-order valence-electron chi connectivity index (χ0n) is 18.5. The van der Waals surface area contributed by atoms with E-state index in [4.69, 9.17) is 19.5 Å². The van der Waals surface area contributed by atoms with Gasteiger partial charge in [0, 0.05) is 41.1 Å². The molecule has 3 aliphatic rings. The summed E-state index contributed by atoms with van der Waals surface area (Å²) in [5.74, 6) is 2.71. The predicted octanol–water partition coefficient (Wildman–Crippen LogP) is 5.20. The van der Waals surface area contributed by atoms with Crippen molar-refractivity contribution in [3.63, 3.8) is 0 Å². The van der Waals surface area contributed by atoms with Gasteiger partial charge in [0.05, 0.1) is 11.7 Å². The number of hydrogen-bond acceptors (Lipinski definition) is 6. The number of thioether (sulfide) groups is 1. The number of ether oxygens (including phenoxy) is 2. The van der Waals surface area contributed by atoms with E-state index < -0.39 is 0 Å². The zero-order valence-corrected chi connectivity index (χ0v) is 19.3. The van der Waals surface area contributed by atoms with Crippen LogP contribution in [0.3, 0.4) is 0 Å². The molecule has 164 valence electrons. The number of pyridine rings is 1. The number of aromatic nitrogens is 2. The molecule has 3 unspecified atom stereocenters. The first kappa shape index (κ1) is 19.7. The van der Waals surface area contributed by atoms with Crippen molar-refractivity contribution < 1.29 is 9.47 Å². The van der Waals surface area contributed by atoms with Gasteiger partial charge in [-0.3, -0.25) is 9.98 Å². The van der Waals surface area contributed by atoms with Crippen LogP contribution in [-0.2, 0) is 0 Å². The molecule has 0 bridgehead atoms. The molecule has 2 aromatic heterocycles. The van der Waals surface area contributed by atoms with Crippen molar-refractivity contribution in [2.45, 2.75) is 45.3 Å². The first-order chi connectivity index (χ1) is 15.7. The van der Waals surface area contributed by atoms with Gasteiger partial charge in [0.15, 0.2) is 16.7 Å². The van der Waals surface area contributed by atoms with Gasteiger partial charge >= 0.3 is 0 Å². The Bertz CT molecular complexity index is 1210. The first-order valence-electron chi connectivity index (χ1n) is 11.1. The Morgan fingerprint density at radius 3 is 2.78 bits per heavy atom. The number of rotatable bonds is 4. The van der Waals surface area contributed by atoms with Gasteiger partial charge in [-0.15, -0.1) is 0 Å². The fourth-order valence-electron chi connectivity index (χ4n) is 5.20. The fourth-order valence-corrected chi connectivity index (χ4v) is 6.53. The molecule has 0 spiro atoms. The fraction of sp³-hybridized carbons (Fsp3) is 0.360. The number of aliphatic imine (C=N–C) groups is 1. The van der Waals surface area contributed by atoms with E-state index in [1.54, 1.807) is 0 Å². The number of fused-ring (bicyclic) bond motifs is 2. The largest absolute Gasteiger partial charge is 0.454 e. The Balaban J connectivity index is 1.47. The lowest BCUT2D eigenvalue weighted by Crippen LogP contribution is -2.35. The van der Waals surface area contributed by atoms with Crippen molar-refractivity contribution in [1.29, 1.82) is 0 Å². The molecule has 0 radical (unpaired) electrons. The van der Waals surface area contributed by atoms with E-state index in [0.29, 0.717) is 6.04 Å². The van der Waals surface area contributed by atoms with Crippen LogP contribution in [0.1, 0.15) is 48.1 Å². The van der Waals surface area contributed by atoms with E-state index >= 15 is 0 Å². The molecule has 3 aromatic rings. The summed E-state index contributed by atoms with van der Waals surface area (Å²) in [5, 5.41) is 1.16. The number of hydrogen-bond donors (Lipinski definition) is 0. The minimum Gasteiger partial charge on any atom is -0.454 e. The summed E-state index contributed by atoms with van der Waals surface area (Å²) in [6.07, 6.45) is 2.98. The van der Waals surface area contributed by atoms with Crippen LogP contribution < -0.4 is 9.47 Å². The summed E-state index contributed by atoms with van der Waals surface area (Å²) in [5.41, 5.74) is 5.87. The summed E-state index contributed by atoms with van der Waals surface area (Å²) in [7, 11) is 0. The molecular formula is C25H26N4O2S. The maximum absolute atomic E-state index is 5.63. The Morgan fingerprint density at radius 1 is 1.09 bits per heavy atom. The molecule has 0 N–H and O–H groups in total. The summed E-state index contributed by atoms with van der Waals surface area (Å²) in [6.45, 7) is 6.94. The lowest BCUT2D eigenvalue weighted by molar-refractivity contribution is 0.174. The second kappa shape index (κ2) is 7.59. The minimum absolute atomic E-state index is 0.00115. The Morgan fingerprint density at radius 2 is 1.97 bits per heavy atom. The summed E-state index contributed by atoms with van der Waals surface area (Å²) < 4.78 is 13.5. The normalized spacial score (nSPS) is 23.5. The summed E-state index contributed by atoms with van der Waals surface area (Å²) >= 11 is 1.88. The topological polar surface area (TPSA) is 51.9 Å². The molecule has 3 aliphatic heterocycles. The number of nitrogens with zero attached hydrogens (tertiary/aromatic N) is 4. The van der Waals surface area contributed by atoms with Gasteiger partial charge in [0.1, 0.15) is 6.04 Å². The minimum atomic E-state index is -0.00115. The molecule has 1 saturated heterocycles. The lowest BCUT2D eigenvalue weighted by atomic mass is 9.95. The Labute approximate surface area is 192 Å². The van der Waals surface area contributed by atoms with Crippen LogP contribution in [0, 0.1) is 13.8 Å². The van der Waals surface area contributed by atoms with Gasteiger partial charge in [-0.05, 0) is 56.2 Å². The van der Waals surface area contributed by atoms with E-state index in [0.717, 1.165) is 40.2 Å². The third-order valence-electron chi connectivity index (χ3n) is 6.73. The monoisotopic (exact) mass is 446 g/mol. The third-order valence-corrected chi connectivity index (χ3v) is 7.86. The van der Waals surface area contributed by atoms with Gasteiger partial charge in [-0.25, -0.2) is 0 Å². The van der Waals surface area contributed by atoms with Crippen molar-refractivity contribution in [1.82, 2.24) is 14.5 Å². The number of benzene rings is 1. The van der Waals surface area contributed by atoms with E-state index in [1.807, 2.05) is 30.1 Å². The zero-order chi connectivity index (χ0) is 21.8. The maximum Gasteiger partial charge on any atom is 0.231 e. The Kier molecular flexibility index (Phi) is 4.68. The predicted molar refractivity (Wildman–Crippen MR) is 127 cm³/mol. The van der Waals surface area contributed by atoms with Gasteiger partial charge in [-0.2, -0.15) is 0 Å². The highest BCUT2D eigenvalue weighted by Crippen LogP contribution is 2.50. The van der Waals surface area contributed by atoms with Crippen molar-refractivity contribution in [2.75, 3.05) is 12.5 Å². The van der Waals surface area contributed by atoms with Crippen molar-refractivity contribution >= 4 is 16.9 Å². The molecule has 32 heavy (non-hydrogen) atoms. The molecule has 0 aliphatic carbocycles. The molecule has 5 heterocycles. The van der Waals surface area contributed by atoms with Crippen LogP contribution in [0.2, 0.25) is 0 Å². The van der Waals surface area contributed by atoms with Crippen LogP contribution in [0.5, 0.6) is 11.5 Å². The highest BCUT2D eigenvalue weighted by Gasteiger charge is 2.46. The van der Waals surface area contributed by atoms with Crippen molar-refractivity contribution in [3.8, 4) is 17.2 Å². The van der Waals surface area contributed by atoms with Crippen LogP contribution >= 0.6 is 11.8 Å². The second-order valence-electron chi connectivity index (χ2n) is 8.54. The highest BCUT2D eigenvalue weighted by molar-refractivity contribution is 8.14. The summed E-state index contributed by atoms with van der Waals surface area (Å²) in [4.78, 5) is 12.4.